The fraction of sp³-hybridized carbons (Fsp3) is 0.333. The van der Waals surface area contributed by atoms with Crippen LogP contribution < -0.4 is 10.5 Å². The molecular weight excluding hydrogens is 246 g/mol. The molecule has 2 aromatic rings. The van der Waals surface area contributed by atoms with Crippen molar-refractivity contribution in [1.29, 1.82) is 0 Å². The van der Waals surface area contributed by atoms with Gasteiger partial charge in [0.15, 0.2) is 0 Å². The highest BCUT2D eigenvalue weighted by Gasteiger charge is 2.60. The number of benzene rings is 2. The van der Waals surface area contributed by atoms with Crippen LogP contribution in [-0.2, 0) is 12.1 Å². The van der Waals surface area contributed by atoms with Crippen LogP contribution in [0.5, 0.6) is 5.75 Å². The molecule has 0 spiro atoms. The molecule has 1 fully saturated rings. The van der Waals surface area contributed by atoms with E-state index in [1.54, 1.807) is 0 Å². The predicted octanol–water partition coefficient (Wildman–Crippen LogP) is 3.85. The van der Waals surface area contributed by atoms with Gasteiger partial charge in [-0.1, -0.05) is 62.4 Å². The predicted molar refractivity (Wildman–Crippen MR) is 81.5 cm³/mol. The SMILES string of the molecule is CC1(C)CC1(N)c1ccccc1OCc1ccccc1. The quantitative estimate of drug-likeness (QED) is 0.913. The van der Waals surface area contributed by atoms with E-state index in [0.717, 1.165) is 17.7 Å². The van der Waals surface area contributed by atoms with Gasteiger partial charge in [-0.05, 0) is 23.5 Å². The van der Waals surface area contributed by atoms with Gasteiger partial charge in [0.25, 0.3) is 0 Å². The lowest BCUT2D eigenvalue weighted by Gasteiger charge is -2.19. The van der Waals surface area contributed by atoms with E-state index in [9.17, 15) is 0 Å². The first kappa shape index (κ1) is 13.2. The first-order valence-electron chi connectivity index (χ1n) is 7.08. The molecule has 1 aliphatic rings. The maximum Gasteiger partial charge on any atom is 0.124 e. The Morgan fingerprint density at radius 3 is 2.25 bits per heavy atom. The van der Waals surface area contributed by atoms with Gasteiger partial charge >= 0.3 is 0 Å². The molecular formula is C18H21NO. The number of rotatable bonds is 4. The van der Waals surface area contributed by atoms with E-state index in [0.29, 0.717) is 6.61 Å². The minimum Gasteiger partial charge on any atom is -0.489 e. The van der Waals surface area contributed by atoms with Crippen molar-refractivity contribution in [2.45, 2.75) is 32.4 Å². The second-order valence-corrected chi connectivity index (χ2v) is 6.30. The topological polar surface area (TPSA) is 35.2 Å². The zero-order valence-electron chi connectivity index (χ0n) is 12.1. The summed E-state index contributed by atoms with van der Waals surface area (Å²) in [7, 11) is 0. The van der Waals surface area contributed by atoms with Crippen LogP contribution >= 0.6 is 0 Å². The highest BCUT2D eigenvalue weighted by atomic mass is 16.5. The molecule has 0 radical (unpaired) electrons. The van der Waals surface area contributed by atoms with Crippen molar-refractivity contribution >= 4 is 0 Å². The van der Waals surface area contributed by atoms with Crippen LogP contribution in [-0.4, -0.2) is 0 Å². The number of hydrogen-bond acceptors (Lipinski definition) is 2. The molecule has 2 N–H and O–H groups in total. The van der Waals surface area contributed by atoms with Crippen LogP contribution in [0.2, 0.25) is 0 Å². The maximum atomic E-state index is 6.54. The number of nitrogens with two attached hydrogens (primary N) is 1. The molecule has 2 nitrogen and oxygen atoms in total. The largest absolute Gasteiger partial charge is 0.489 e. The fourth-order valence-electron chi connectivity index (χ4n) is 2.81. The second kappa shape index (κ2) is 4.64. The van der Waals surface area contributed by atoms with Crippen molar-refractivity contribution in [3.05, 3.63) is 65.7 Å². The summed E-state index contributed by atoms with van der Waals surface area (Å²) in [4.78, 5) is 0. The highest BCUT2D eigenvalue weighted by Crippen LogP contribution is 2.61. The standard InChI is InChI=1S/C18H21NO/c1-17(2)13-18(17,19)15-10-6-7-11-16(15)20-12-14-8-4-3-5-9-14/h3-11H,12-13,19H2,1-2H3. The molecule has 1 atom stereocenters. The van der Waals surface area contributed by atoms with Gasteiger partial charge < -0.3 is 10.5 Å². The zero-order valence-corrected chi connectivity index (χ0v) is 12.1. The van der Waals surface area contributed by atoms with E-state index in [1.807, 2.05) is 36.4 Å². The Hall–Kier alpha value is -1.80. The van der Waals surface area contributed by atoms with Crippen LogP contribution in [0, 0.1) is 5.41 Å². The Labute approximate surface area is 120 Å². The number of ether oxygens (including phenoxy) is 1. The van der Waals surface area contributed by atoms with Crippen LogP contribution in [0.1, 0.15) is 31.4 Å². The van der Waals surface area contributed by atoms with Gasteiger partial charge in [0.1, 0.15) is 12.4 Å². The molecule has 2 heteroatoms. The van der Waals surface area contributed by atoms with Crippen molar-refractivity contribution in [2.24, 2.45) is 11.1 Å². The Morgan fingerprint density at radius 1 is 1.00 bits per heavy atom. The molecule has 0 aliphatic heterocycles. The lowest BCUT2D eigenvalue weighted by Crippen LogP contribution is -2.26. The fourth-order valence-corrected chi connectivity index (χ4v) is 2.81. The van der Waals surface area contributed by atoms with E-state index < -0.39 is 0 Å². The smallest absolute Gasteiger partial charge is 0.124 e. The Bertz CT molecular complexity index is 606. The summed E-state index contributed by atoms with van der Waals surface area (Å²) in [5.41, 5.74) is 8.73. The molecule has 104 valence electrons. The van der Waals surface area contributed by atoms with Gasteiger partial charge in [0.2, 0.25) is 0 Å². The van der Waals surface area contributed by atoms with Crippen molar-refractivity contribution < 1.29 is 4.74 Å². The molecule has 2 aromatic carbocycles. The third kappa shape index (κ3) is 2.20. The molecule has 1 aliphatic carbocycles. The molecule has 3 rings (SSSR count). The van der Waals surface area contributed by atoms with Crippen molar-refractivity contribution in [2.75, 3.05) is 0 Å². The Morgan fingerprint density at radius 2 is 1.60 bits per heavy atom. The van der Waals surface area contributed by atoms with Crippen molar-refractivity contribution in [3.63, 3.8) is 0 Å². The Balaban J connectivity index is 1.81. The minimum absolute atomic E-state index is 0.152. The van der Waals surface area contributed by atoms with Gasteiger partial charge in [-0.25, -0.2) is 0 Å². The van der Waals surface area contributed by atoms with Crippen LogP contribution in [0.3, 0.4) is 0 Å². The second-order valence-electron chi connectivity index (χ2n) is 6.30. The van der Waals surface area contributed by atoms with Gasteiger partial charge in [0.05, 0.1) is 5.54 Å². The lowest BCUT2D eigenvalue weighted by atomic mass is 9.96. The first-order valence-corrected chi connectivity index (χ1v) is 7.08. The van der Waals surface area contributed by atoms with E-state index in [-0.39, 0.29) is 11.0 Å². The van der Waals surface area contributed by atoms with E-state index in [2.05, 4.69) is 32.0 Å². The molecule has 1 unspecified atom stereocenters. The van der Waals surface area contributed by atoms with Crippen LogP contribution in [0.25, 0.3) is 0 Å². The molecule has 0 bridgehead atoms. The Kier molecular flexibility index (Phi) is 3.06. The average molecular weight is 267 g/mol. The van der Waals surface area contributed by atoms with Gasteiger partial charge in [-0.3, -0.25) is 0 Å². The zero-order chi connectivity index (χ0) is 14.2. The molecule has 0 amide bonds. The van der Waals surface area contributed by atoms with E-state index in [4.69, 9.17) is 10.5 Å². The minimum atomic E-state index is -0.250. The van der Waals surface area contributed by atoms with Gasteiger partial charge in [-0.15, -0.1) is 0 Å². The third-order valence-corrected chi connectivity index (χ3v) is 4.41. The normalized spacial score (nSPS) is 23.4. The molecule has 0 heterocycles. The average Bonchev–Trinajstić information content (AvgIpc) is 2.98. The molecule has 0 aromatic heterocycles. The summed E-state index contributed by atoms with van der Waals surface area (Å²) >= 11 is 0. The summed E-state index contributed by atoms with van der Waals surface area (Å²) in [6.45, 7) is 5.00. The molecule has 20 heavy (non-hydrogen) atoms. The van der Waals surface area contributed by atoms with Crippen LogP contribution in [0.15, 0.2) is 54.6 Å². The van der Waals surface area contributed by atoms with Crippen LogP contribution in [0.4, 0.5) is 0 Å². The molecule has 0 saturated heterocycles. The monoisotopic (exact) mass is 267 g/mol. The summed E-state index contributed by atoms with van der Waals surface area (Å²) in [6, 6.07) is 18.4. The summed E-state index contributed by atoms with van der Waals surface area (Å²) in [5.74, 6) is 0.907. The van der Waals surface area contributed by atoms with E-state index in [1.165, 1.54) is 5.56 Å². The van der Waals surface area contributed by atoms with Crippen molar-refractivity contribution in [1.82, 2.24) is 0 Å². The highest BCUT2D eigenvalue weighted by molar-refractivity contribution is 5.45. The number of hydrogen-bond donors (Lipinski definition) is 1. The third-order valence-electron chi connectivity index (χ3n) is 4.41. The van der Waals surface area contributed by atoms with Gasteiger partial charge in [-0.2, -0.15) is 0 Å². The summed E-state index contributed by atoms with van der Waals surface area (Å²) in [5, 5.41) is 0. The lowest BCUT2D eigenvalue weighted by molar-refractivity contribution is 0.298. The summed E-state index contributed by atoms with van der Waals surface area (Å²) < 4.78 is 6.00. The number of para-hydroxylation sites is 1. The first-order chi connectivity index (χ1) is 9.53. The van der Waals surface area contributed by atoms with Gasteiger partial charge in [0, 0.05) is 5.56 Å². The maximum absolute atomic E-state index is 6.54. The van der Waals surface area contributed by atoms with E-state index >= 15 is 0 Å². The molecule has 1 saturated carbocycles. The summed E-state index contributed by atoms with van der Waals surface area (Å²) in [6.07, 6.45) is 1.01. The van der Waals surface area contributed by atoms with Crippen molar-refractivity contribution in [3.8, 4) is 5.75 Å².